The van der Waals surface area contributed by atoms with E-state index >= 15 is 0 Å². The SMILES string of the molecule is CCCCC(CC)COC(=O)C(C)Oc1ccc(-c2nc(-c3ccc(C)cc3O)nc(-c3ccc(OC(C)C(=O)OCC(CC)CCCC)cc3O)n2)c(O)c1.CCCCC(CC)COC(=O)C(C)Oc1ccc(-c2nc(-c3ccc(OC(C)C(=O)OCC(CC)CCCC)cc3O)nc(-c3ccc(OC(C)C(=O)OCC(CC)CCCC)cc3O)n2)c(O)c1. The van der Waals surface area contributed by atoms with E-state index in [1.165, 1.54) is 48.5 Å². The first-order valence-electron chi connectivity index (χ1n) is 44.7. The number of benzene rings is 6. The third kappa shape index (κ3) is 31.3. The van der Waals surface area contributed by atoms with E-state index in [-0.39, 0.29) is 156 Å². The number of unbranched alkanes of at least 4 members (excludes halogenated alkanes) is 5. The summed E-state index contributed by atoms with van der Waals surface area (Å²) in [5, 5.41) is 67.4. The van der Waals surface area contributed by atoms with Crippen LogP contribution in [0.3, 0.4) is 0 Å². The fourth-order valence-electron chi connectivity index (χ4n) is 13.5. The Bertz CT molecular complexity index is 4390. The van der Waals surface area contributed by atoms with Gasteiger partial charge in [-0.2, -0.15) is 0 Å². The van der Waals surface area contributed by atoms with E-state index in [1.54, 1.807) is 95.3 Å². The second kappa shape index (κ2) is 51.7. The number of nitrogens with zero attached hydrogens (tertiary/aromatic N) is 6. The largest absolute Gasteiger partial charge is 0.507 e. The highest BCUT2D eigenvalue weighted by Gasteiger charge is 2.29. The first-order chi connectivity index (χ1) is 60.0. The standard InChI is InChI=1S/C54H75N3O12.C44H57N3O9/c1-10-16-19-37(13-4)31-64-52(61)34(7)67-40-22-25-43(46(58)28-40)49-55-50(44-26-23-41(29-47(44)59)68-35(8)53(62)65-32-38(14-5)20-17-11-2)57-51(56-49)45-27-24-42(30-48(45)60)69-36(9)54(63)66-33-39(15-6)21-18-12-3;1-8-12-14-30(10-3)25-53-43(51)28(6)55-32-17-20-35(38(49)23-32)41-45-40(34-19-16-27(5)22-37(34)48)46-42(47-41)36-21-18-33(24-39(36)50)56-29(7)44(52)54-26-31(11-4)15-13-9-2/h22-30,34-39,58-60H,10-21,31-33H2,1-9H3;16-24,28-31,48-50H,8-15,25-26H2,1-7H3. The van der Waals surface area contributed by atoms with E-state index in [9.17, 15) is 54.6 Å². The third-order valence-corrected chi connectivity index (χ3v) is 22.0. The first kappa shape index (κ1) is 101. The van der Waals surface area contributed by atoms with Gasteiger partial charge in [0, 0.05) is 30.3 Å². The number of phenolic OH excluding ortho intramolecular Hbond substituents is 6. The fourth-order valence-corrected chi connectivity index (χ4v) is 13.5. The molecule has 0 bridgehead atoms. The van der Waals surface area contributed by atoms with Crippen molar-refractivity contribution in [3.8, 4) is 132 Å². The minimum atomic E-state index is -0.964. The van der Waals surface area contributed by atoms with E-state index in [0.29, 0.717) is 38.6 Å². The molecule has 27 nitrogen and oxygen atoms in total. The average molecular weight is 1730 g/mol. The van der Waals surface area contributed by atoms with Crippen LogP contribution in [0.15, 0.2) is 109 Å². The molecular formula is C98H132N6O21. The van der Waals surface area contributed by atoms with Crippen molar-refractivity contribution in [1.82, 2.24) is 29.9 Å². The Balaban J connectivity index is 0.000000351. The van der Waals surface area contributed by atoms with Crippen molar-refractivity contribution < 1.29 is 102 Å². The second-order valence-corrected chi connectivity index (χ2v) is 32.1. The van der Waals surface area contributed by atoms with Crippen molar-refractivity contribution in [3.05, 3.63) is 115 Å². The monoisotopic (exact) mass is 1730 g/mol. The molecule has 680 valence electrons. The van der Waals surface area contributed by atoms with Gasteiger partial charge in [-0.1, -0.05) is 172 Å². The van der Waals surface area contributed by atoms with Crippen molar-refractivity contribution in [3.63, 3.8) is 0 Å². The molecule has 0 amide bonds. The molecule has 0 saturated heterocycles. The van der Waals surface area contributed by atoms with Gasteiger partial charge in [-0.25, -0.2) is 53.9 Å². The van der Waals surface area contributed by atoms with Crippen LogP contribution in [0.4, 0.5) is 0 Å². The summed E-state index contributed by atoms with van der Waals surface area (Å²) >= 11 is 0. The highest BCUT2D eigenvalue weighted by molar-refractivity contribution is 5.80. The molecule has 125 heavy (non-hydrogen) atoms. The maximum absolute atomic E-state index is 12.9. The number of aromatic hydroxyl groups is 6. The van der Waals surface area contributed by atoms with Gasteiger partial charge in [-0.3, -0.25) is 0 Å². The predicted molar refractivity (Wildman–Crippen MR) is 479 cm³/mol. The Morgan fingerprint density at radius 2 is 0.432 bits per heavy atom. The highest BCUT2D eigenvalue weighted by atomic mass is 16.6. The quantitative estimate of drug-likeness (QED) is 0.0152. The zero-order chi connectivity index (χ0) is 91.2. The van der Waals surface area contributed by atoms with Crippen LogP contribution in [-0.2, 0) is 47.7 Å². The lowest BCUT2D eigenvalue weighted by atomic mass is 10.0. The van der Waals surface area contributed by atoms with Crippen molar-refractivity contribution in [2.45, 2.75) is 270 Å². The maximum atomic E-state index is 12.9. The third-order valence-electron chi connectivity index (χ3n) is 22.0. The molecule has 0 radical (unpaired) electrons. The minimum absolute atomic E-state index is 0.0370. The molecule has 0 saturated carbocycles. The fraction of sp³-hybridized carbons (Fsp3) is 0.520. The van der Waals surface area contributed by atoms with Crippen molar-refractivity contribution in [2.24, 2.45) is 29.6 Å². The molecule has 27 heteroatoms. The number of phenols is 6. The Kier molecular flexibility index (Phi) is 41.6. The molecular weight excluding hydrogens is 1600 g/mol. The summed E-state index contributed by atoms with van der Waals surface area (Å²) < 4.78 is 57.0. The molecule has 0 fully saturated rings. The molecule has 0 spiro atoms. The van der Waals surface area contributed by atoms with Crippen LogP contribution in [0.2, 0.25) is 0 Å². The van der Waals surface area contributed by atoms with Crippen LogP contribution >= 0.6 is 0 Å². The normalized spacial score (nSPS) is 13.6. The number of carbonyl (C=O) groups is 5. The summed E-state index contributed by atoms with van der Waals surface area (Å²) in [6, 6.07) is 27.1. The van der Waals surface area contributed by atoms with Crippen LogP contribution < -0.4 is 23.7 Å². The molecule has 6 aromatic carbocycles. The van der Waals surface area contributed by atoms with Gasteiger partial charge in [0.15, 0.2) is 65.5 Å². The summed E-state index contributed by atoms with van der Waals surface area (Å²) in [4.78, 5) is 91.7. The molecule has 8 rings (SSSR count). The van der Waals surface area contributed by atoms with Gasteiger partial charge in [-0.15, -0.1) is 0 Å². The van der Waals surface area contributed by atoms with Crippen LogP contribution in [0.5, 0.6) is 63.2 Å². The average Bonchev–Trinajstić information content (AvgIpc) is 0.781. The highest BCUT2D eigenvalue weighted by Crippen LogP contribution is 2.42. The molecule has 8 aromatic rings. The van der Waals surface area contributed by atoms with E-state index in [4.69, 9.17) is 47.4 Å². The van der Waals surface area contributed by atoms with Crippen LogP contribution in [-0.4, -0.2) is 154 Å². The summed E-state index contributed by atoms with van der Waals surface area (Å²) in [7, 11) is 0. The molecule has 10 unspecified atom stereocenters. The summed E-state index contributed by atoms with van der Waals surface area (Å²) in [6.45, 7) is 32.3. The molecule has 0 aliphatic heterocycles. The van der Waals surface area contributed by atoms with E-state index in [1.807, 2.05) is 6.92 Å². The Hall–Kier alpha value is -11.5. The number of aromatic nitrogens is 6. The van der Waals surface area contributed by atoms with Gasteiger partial charge in [0.1, 0.15) is 63.2 Å². The number of hydrogen-bond acceptors (Lipinski definition) is 27. The Labute approximate surface area is 736 Å². The molecule has 0 aliphatic rings. The predicted octanol–water partition coefficient (Wildman–Crippen LogP) is 20.9. The number of ether oxygens (including phenoxy) is 10. The van der Waals surface area contributed by atoms with Gasteiger partial charge >= 0.3 is 29.8 Å². The van der Waals surface area contributed by atoms with Crippen LogP contribution in [0.1, 0.15) is 238 Å². The lowest BCUT2D eigenvalue weighted by molar-refractivity contribution is -0.153. The van der Waals surface area contributed by atoms with E-state index < -0.39 is 60.4 Å². The van der Waals surface area contributed by atoms with Crippen LogP contribution in [0.25, 0.3) is 68.3 Å². The topological polar surface area (TPSA) is 376 Å². The van der Waals surface area contributed by atoms with Gasteiger partial charge in [0.05, 0.1) is 66.4 Å². The Morgan fingerprint density at radius 3 is 0.584 bits per heavy atom. The maximum Gasteiger partial charge on any atom is 0.347 e. The lowest BCUT2D eigenvalue weighted by Crippen LogP contribution is -2.28. The zero-order valence-corrected chi connectivity index (χ0v) is 75.8. The number of esters is 5. The molecule has 2 aromatic heterocycles. The molecule has 6 N–H and O–H groups in total. The van der Waals surface area contributed by atoms with Crippen molar-refractivity contribution in [1.29, 1.82) is 0 Å². The lowest BCUT2D eigenvalue weighted by Gasteiger charge is -2.18. The molecule has 10 atom stereocenters. The summed E-state index contributed by atoms with van der Waals surface area (Å²) in [5.74, 6) is -1.56. The van der Waals surface area contributed by atoms with Gasteiger partial charge in [0.2, 0.25) is 0 Å². The summed E-state index contributed by atoms with van der Waals surface area (Å²) in [6.07, 6.45) is 15.3. The van der Waals surface area contributed by atoms with Gasteiger partial charge in [0.25, 0.3) is 0 Å². The minimum Gasteiger partial charge on any atom is -0.507 e. The van der Waals surface area contributed by atoms with Crippen molar-refractivity contribution in [2.75, 3.05) is 33.0 Å². The van der Waals surface area contributed by atoms with E-state index in [2.05, 4.69) is 99.1 Å². The second-order valence-electron chi connectivity index (χ2n) is 32.1. The first-order valence-corrected chi connectivity index (χ1v) is 44.7. The van der Waals surface area contributed by atoms with Crippen molar-refractivity contribution >= 4 is 29.8 Å². The number of hydrogen-bond donors (Lipinski definition) is 6. The number of aryl methyl sites for hydroxylation is 1. The molecule has 0 aliphatic carbocycles. The molecule has 2 heterocycles. The number of carbonyl (C=O) groups excluding carboxylic acids is 5. The van der Waals surface area contributed by atoms with E-state index in [0.717, 1.165) is 134 Å². The summed E-state index contributed by atoms with van der Waals surface area (Å²) in [5.41, 5.74) is 1.96. The Morgan fingerprint density at radius 1 is 0.264 bits per heavy atom. The smallest absolute Gasteiger partial charge is 0.347 e. The van der Waals surface area contributed by atoms with Gasteiger partial charge < -0.3 is 78.0 Å². The zero-order valence-electron chi connectivity index (χ0n) is 75.8. The van der Waals surface area contributed by atoms with Gasteiger partial charge in [-0.05, 0) is 182 Å². The van der Waals surface area contributed by atoms with Crippen LogP contribution in [0, 0.1) is 36.5 Å². The number of rotatable bonds is 51.